The Bertz CT molecular complexity index is 1150. The van der Waals surface area contributed by atoms with E-state index < -0.39 is 11.9 Å². The summed E-state index contributed by atoms with van der Waals surface area (Å²) in [4.78, 5) is 0. The summed E-state index contributed by atoms with van der Waals surface area (Å²) < 4.78 is 13.9. The highest BCUT2D eigenvalue weighted by atomic mass is 32.2. The molecular formula is C36H48O3S2. The van der Waals surface area contributed by atoms with Gasteiger partial charge in [-0.1, -0.05) is 88.4 Å². The number of benzene rings is 2. The first kappa shape index (κ1) is 28.8. The van der Waals surface area contributed by atoms with Crippen LogP contribution in [0.5, 0.6) is 0 Å². The minimum Gasteiger partial charge on any atom is -0.379 e. The van der Waals surface area contributed by atoms with E-state index in [1.807, 2.05) is 36.4 Å². The summed E-state index contributed by atoms with van der Waals surface area (Å²) in [5.41, 5.74) is 1.45. The molecule has 1 heterocycles. The van der Waals surface area contributed by atoms with Gasteiger partial charge in [0.05, 0.1) is 13.2 Å². The lowest BCUT2D eigenvalue weighted by Gasteiger charge is -2.63. The van der Waals surface area contributed by atoms with Gasteiger partial charge in [0.25, 0.3) is 0 Å². The average Bonchev–Trinajstić information content (AvgIpc) is 2.97. The number of aliphatic hydroxyl groups is 1. The second kappa shape index (κ2) is 10.9. The van der Waals surface area contributed by atoms with Crippen LogP contribution in [0.3, 0.4) is 0 Å². The number of hydrogen-bond donors (Lipinski definition) is 1. The van der Waals surface area contributed by atoms with Crippen LogP contribution in [0.2, 0.25) is 0 Å². The molecule has 0 radical (unpaired) electrons. The third-order valence-electron chi connectivity index (χ3n) is 12.5. The standard InChI is InChI=1S/C36H48O3S2/c1-34(2)25-15-29(34)27-20-38-33(36(37,24-13-9-6-10-14-24)19-23-11-7-5-8-12-23)39-21-28-30-16-26(35(30,3)4)18-32(28)41-22-40-31(27)17-25/h5-14,25-33,37H,15-22H2,1-4H3/t25-,26-,27+,28+,29+,30+,31+,32+,36+/m1/s1. The van der Waals surface area contributed by atoms with Crippen LogP contribution in [-0.4, -0.2) is 40.2 Å². The summed E-state index contributed by atoms with van der Waals surface area (Å²) in [6.07, 6.45) is 4.99. The van der Waals surface area contributed by atoms with E-state index in [9.17, 15) is 5.11 Å². The summed E-state index contributed by atoms with van der Waals surface area (Å²) in [5, 5.41) is 15.2. The molecular weight excluding hydrogens is 545 g/mol. The molecule has 1 aliphatic heterocycles. The van der Waals surface area contributed by atoms with Gasteiger partial charge in [-0.3, -0.25) is 0 Å². The van der Waals surface area contributed by atoms with Gasteiger partial charge in [0.2, 0.25) is 0 Å². The fraction of sp³-hybridized carbons (Fsp3) is 0.667. The molecule has 0 unspecified atom stereocenters. The highest BCUT2D eigenvalue weighted by Crippen LogP contribution is 2.65. The lowest BCUT2D eigenvalue weighted by atomic mass is 9.45. The average molecular weight is 593 g/mol. The van der Waals surface area contributed by atoms with E-state index in [1.165, 1.54) is 30.8 Å². The molecule has 7 fully saturated rings. The third-order valence-corrected chi connectivity index (χ3v) is 15.6. The fourth-order valence-corrected chi connectivity index (χ4v) is 13.0. The minimum atomic E-state index is -1.28. The zero-order valence-corrected chi connectivity index (χ0v) is 26.8. The number of rotatable bonds is 4. The van der Waals surface area contributed by atoms with Crippen LogP contribution in [-0.2, 0) is 21.5 Å². The van der Waals surface area contributed by atoms with E-state index in [4.69, 9.17) is 9.47 Å². The first-order valence-corrected chi connectivity index (χ1v) is 18.1. The van der Waals surface area contributed by atoms with Crippen LogP contribution >= 0.6 is 23.5 Å². The topological polar surface area (TPSA) is 38.7 Å². The second-order valence-corrected chi connectivity index (χ2v) is 17.8. The summed E-state index contributed by atoms with van der Waals surface area (Å²) in [7, 11) is 0. The molecule has 1 N–H and O–H groups in total. The maximum Gasteiger partial charge on any atom is 0.190 e. The van der Waals surface area contributed by atoms with Crippen molar-refractivity contribution < 1.29 is 14.6 Å². The Morgan fingerprint density at radius 1 is 0.732 bits per heavy atom. The molecule has 3 nitrogen and oxygen atoms in total. The molecule has 7 aliphatic rings. The van der Waals surface area contributed by atoms with Gasteiger partial charge in [-0.25, -0.2) is 0 Å². The molecule has 1 saturated heterocycles. The van der Waals surface area contributed by atoms with Crippen LogP contribution in [0.25, 0.3) is 0 Å². The largest absolute Gasteiger partial charge is 0.379 e. The van der Waals surface area contributed by atoms with Crippen molar-refractivity contribution in [1.29, 1.82) is 0 Å². The van der Waals surface area contributed by atoms with Gasteiger partial charge in [-0.05, 0) is 83.1 Å². The Kier molecular flexibility index (Phi) is 7.63. The second-order valence-electron chi connectivity index (χ2n) is 15.0. The predicted octanol–water partition coefficient (Wildman–Crippen LogP) is 8.02. The van der Waals surface area contributed by atoms with Crippen molar-refractivity contribution in [2.75, 3.05) is 18.3 Å². The summed E-state index contributed by atoms with van der Waals surface area (Å²) >= 11 is 4.43. The normalized spacial score (nSPS) is 40.7. The van der Waals surface area contributed by atoms with E-state index in [0.717, 1.165) is 23.0 Å². The van der Waals surface area contributed by atoms with Crippen LogP contribution in [0.15, 0.2) is 60.7 Å². The summed E-state index contributed by atoms with van der Waals surface area (Å²) in [6.45, 7) is 11.2. The van der Waals surface area contributed by atoms with Gasteiger partial charge < -0.3 is 14.6 Å². The van der Waals surface area contributed by atoms with Crippen molar-refractivity contribution in [3.05, 3.63) is 71.8 Å². The lowest BCUT2D eigenvalue weighted by Crippen LogP contribution is -2.59. The molecule has 9 atom stereocenters. The molecule has 9 rings (SSSR count). The van der Waals surface area contributed by atoms with Gasteiger partial charge in [0.15, 0.2) is 6.29 Å². The first-order valence-electron chi connectivity index (χ1n) is 16.0. The Balaban J connectivity index is 1.24. The predicted molar refractivity (Wildman–Crippen MR) is 171 cm³/mol. The van der Waals surface area contributed by atoms with Crippen LogP contribution in [0.1, 0.15) is 64.5 Å². The molecule has 2 aromatic carbocycles. The van der Waals surface area contributed by atoms with Crippen LogP contribution < -0.4 is 0 Å². The molecule has 222 valence electrons. The van der Waals surface area contributed by atoms with Crippen LogP contribution in [0, 0.1) is 46.3 Å². The summed E-state index contributed by atoms with van der Waals surface area (Å²) in [6, 6.07) is 20.5. The Labute approximate surface area is 255 Å². The number of hydrogen-bond acceptors (Lipinski definition) is 5. The van der Waals surface area contributed by atoms with E-state index in [2.05, 4.69) is 75.5 Å². The molecule has 5 heteroatoms. The van der Waals surface area contributed by atoms with E-state index in [-0.39, 0.29) is 0 Å². The minimum absolute atomic E-state index is 0.382. The van der Waals surface area contributed by atoms with Gasteiger partial charge in [-0.2, -0.15) is 0 Å². The van der Waals surface area contributed by atoms with Crippen molar-refractivity contribution >= 4 is 23.5 Å². The van der Waals surface area contributed by atoms with Crippen molar-refractivity contribution in [3.8, 4) is 0 Å². The Morgan fingerprint density at radius 3 is 1.71 bits per heavy atom. The lowest BCUT2D eigenvalue weighted by molar-refractivity contribution is -0.266. The summed E-state index contributed by atoms with van der Waals surface area (Å²) in [5.74, 6) is 4.03. The van der Waals surface area contributed by atoms with E-state index >= 15 is 0 Å². The van der Waals surface area contributed by atoms with Crippen molar-refractivity contribution in [3.63, 3.8) is 0 Å². The van der Waals surface area contributed by atoms with Crippen molar-refractivity contribution in [2.45, 2.75) is 82.2 Å². The zero-order valence-electron chi connectivity index (χ0n) is 25.2. The quantitative estimate of drug-likeness (QED) is 0.389. The van der Waals surface area contributed by atoms with Gasteiger partial charge in [0, 0.05) is 22.0 Å². The fourth-order valence-electron chi connectivity index (χ4n) is 9.51. The molecule has 6 saturated carbocycles. The molecule has 0 spiro atoms. The SMILES string of the molecule is CC1(C)[C@H]2C[C@@H]3SCS[C@H]4C[C@H]5C[C@@H]([C@@H]4COC([C@](O)(Cc4ccccc4)c4ccccc4)OC[C@H]3[C@@H]1C2)C5(C)C. The highest BCUT2D eigenvalue weighted by Gasteiger charge is 2.60. The maximum absolute atomic E-state index is 12.8. The third kappa shape index (κ3) is 4.94. The number of thioether (sulfide) groups is 2. The highest BCUT2D eigenvalue weighted by molar-refractivity contribution is 8.16. The molecule has 41 heavy (non-hydrogen) atoms. The van der Waals surface area contributed by atoms with Crippen LogP contribution in [0.4, 0.5) is 0 Å². The Hall–Kier alpha value is -0.980. The molecule has 2 aromatic rings. The van der Waals surface area contributed by atoms with Gasteiger partial charge in [0.1, 0.15) is 5.60 Å². The monoisotopic (exact) mass is 592 g/mol. The molecule has 0 amide bonds. The molecule has 4 bridgehead atoms. The Morgan fingerprint density at radius 2 is 1.22 bits per heavy atom. The van der Waals surface area contributed by atoms with E-state index in [0.29, 0.717) is 64.6 Å². The van der Waals surface area contributed by atoms with Crippen molar-refractivity contribution in [2.24, 2.45) is 46.3 Å². The van der Waals surface area contributed by atoms with E-state index in [1.54, 1.807) is 0 Å². The van der Waals surface area contributed by atoms with Gasteiger partial charge >= 0.3 is 0 Å². The first-order chi connectivity index (χ1) is 19.7. The zero-order chi connectivity index (χ0) is 28.4. The van der Waals surface area contributed by atoms with Crippen molar-refractivity contribution in [1.82, 2.24) is 0 Å². The maximum atomic E-state index is 12.8. The molecule has 0 aromatic heterocycles. The molecule has 6 aliphatic carbocycles. The van der Waals surface area contributed by atoms with Gasteiger partial charge in [-0.15, -0.1) is 23.5 Å². The number of ether oxygens (including phenoxy) is 2. The smallest absolute Gasteiger partial charge is 0.190 e.